The fourth-order valence-corrected chi connectivity index (χ4v) is 3.39. The molecule has 2 amide bonds. The molecule has 5 nitrogen and oxygen atoms in total. The van der Waals surface area contributed by atoms with Gasteiger partial charge < -0.3 is 15.3 Å². The molecule has 2 rings (SSSR count). The Morgan fingerprint density at radius 2 is 2.04 bits per heavy atom. The fraction of sp³-hybridized carbons (Fsp3) is 0.600. The summed E-state index contributed by atoms with van der Waals surface area (Å²) in [5.41, 5.74) is 1.50. The number of piperidine rings is 1. The summed E-state index contributed by atoms with van der Waals surface area (Å²) in [5.74, 6) is 0.204. The molecule has 25 heavy (non-hydrogen) atoms. The van der Waals surface area contributed by atoms with Crippen molar-refractivity contribution < 1.29 is 14.7 Å². The lowest BCUT2D eigenvalue weighted by atomic mass is 9.96. The summed E-state index contributed by atoms with van der Waals surface area (Å²) in [6.45, 7) is 7.37. The van der Waals surface area contributed by atoms with Gasteiger partial charge in [0.15, 0.2) is 0 Å². The molecule has 0 spiro atoms. The molecule has 2 unspecified atom stereocenters. The highest BCUT2D eigenvalue weighted by Gasteiger charge is 2.30. The lowest BCUT2D eigenvalue weighted by Gasteiger charge is -2.35. The number of nitrogens with one attached hydrogen (secondary N) is 1. The van der Waals surface area contributed by atoms with Gasteiger partial charge in [0.2, 0.25) is 5.91 Å². The van der Waals surface area contributed by atoms with Crippen LogP contribution in [0.2, 0.25) is 0 Å². The van der Waals surface area contributed by atoms with Crippen LogP contribution >= 0.6 is 0 Å². The lowest BCUT2D eigenvalue weighted by molar-refractivity contribution is -0.135. The molecule has 1 aromatic rings. The Bertz CT molecular complexity index is 600. The van der Waals surface area contributed by atoms with Crippen LogP contribution in [0.5, 0.6) is 0 Å². The van der Waals surface area contributed by atoms with Crippen LogP contribution in [0.4, 0.5) is 0 Å². The van der Waals surface area contributed by atoms with Gasteiger partial charge in [0.25, 0.3) is 5.91 Å². The molecule has 0 radical (unpaired) electrons. The average Bonchev–Trinajstić information content (AvgIpc) is 2.60. The van der Waals surface area contributed by atoms with Gasteiger partial charge in [-0.25, -0.2) is 0 Å². The van der Waals surface area contributed by atoms with Crippen molar-refractivity contribution in [2.75, 3.05) is 19.7 Å². The summed E-state index contributed by atoms with van der Waals surface area (Å²) in [7, 11) is 0. The van der Waals surface area contributed by atoms with Crippen molar-refractivity contribution in [1.29, 1.82) is 0 Å². The smallest absolute Gasteiger partial charge is 0.252 e. The van der Waals surface area contributed by atoms with Crippen LogP contribution in [0.1, 0.15) is 49.0 Å². The minimum atomic E-state index is -0.524. The van der Waals surface area contributed by atoms with E-state index >= 15 is 0 Å². The Kier molecular flexibility index (Phi) is 7.00. The minimum Gasteiger partial charge on any atom is -0.396 e. The van der Waals surface area contributed by atoms with E-state index in [2.05, 4.69) is 5.32 Å². The topological polar surface area (TPSA) is 69.6 Å². The van der Waals surface area contributed by atoms with Crippen molar-refractivity contribution in [3.63, 3.8) is 0 Å². The quantitative estimate of drug-likeness (QED) is 0.831. The molecule has 0 aromatic heterocycles. The van der Waals surface area contributed by atoms with Crippen LogP contribution in [-0.2, 0) is 4.79 Å². The molecule has 2 atom stereocenters. The van der Waals surface area contributed by atoms with Gasteiger partial charge in [-0.2, -0.15) is 0 Å². The SMILES string of the molecule is Cc1ccccc1C(=O)NC(CC(C)C)C(=O)N1CCCC(CO)C1. The number of carbonyl (C=O) groups is 2. The molecular weight excluding hydrogens is 316 g/mol. The van der Waals surface area contributed by atoms with Gasteiger partial charge in [-0.1, -0.05) is 32.0 Å². The third-order valence-electron chi connectivity index (χ3n) is 4.79. The zero-order valence-corrected chi connectivity index (χ0v) is 15.5. The third kappa shape index (κ3) is 5.30. The van der Waals surface area contributed by atoms with E-state index in [1.54, 1.807) is 11.0 Å². The second kappa shape index (κ2) is 8.99. The predicted molar refractivity (Wildman–Crippen MR) is 98.3 cm³/mol. The van der Waals surface area contributed by atoms with Crippen LogP contribution < -0.4 is 5.32 Å². The van der Waals surface area contributed by atoms with E-state index in [-0.39, 0.29) is 24.3 Å². The van der Waals surface area contributed by atoms with E-state index in [1.165, 1.54) is 0 Å². The van der Waals surface area contributed by atoms with E-state index in [1.807, 2.05) is 39.0 Å². The number of likely N-dealkylation sites (tertiary alicyclic amines) is 1. The Morgan fingerprint density at radius 1 is 1.32 bits per heavy atom. The number of benzene rings is 1. The number of hydrogen-bond acceptors (Lipinski definition) is 3. The first-order chi connectivity index (χ1) is 11.9. The molecule has 0 saturated carbocycles. The molecule has 1 aliphatic heterocycles. The standard InChI is InChI=1S/C20H30N2O3/c1-14(2)11-18(20(25)22-10-6-8-16(12-22)13-23)21-19(24)17-9-5-4-7-15(17)3/h4-5,7,9,14,16,18,23H,6,8,10-13H2,1-3H3,(H,21,24). The monoisotopic (exact) mass is 346 g/mol. The predicted octanol–water partition coefficient (Wildman–Crippen LogP) is 2.37. The maximum atomic E-state index is 13.0. The number of nitrogens with zero attached hydrogens (tertiary/aromatic N) is 1. The van der Waals surface area contributed by atoms with Crippen molar-refractivity contribution in [3.8, 4) is 0 Å². The van der Waals surface area contributed by atoms with Crippen LogP contribution in [0.25, 0.3) is 0 Å². The molecule has 138 valence electrons. The average molecular weight is 346 g/mol. The summed E-state index contributed by atoms with van der Waals surface area (Å²) in [5, 5.41) is 12.3. The maximum Gasteiger partial charge on any atom is 0.252 e. The summed E-state index contributed by atoms with van der Waals surface area (Å²) in [4.78, 5) is 27.4. The first-order valence-electron chi connectivity index (χ1n) is 9.18. The number of aliphatic hydroxyl groups excluding tert-OH is 1. The Hall–Kier alpha value is -1.88. The van der Waals surface area contributed by atoms with Gasteiger partial charge in [0.05, 0.1) is 0 Å². The van der Waals surface area contributed by atoms with E-state index < -0.39 is 6.04 Å². The van der Waals surface area contributed by atoms with Gasteiger partial charge in [-0.05, 0) is 49.7 Å². The number of aryl methyl sites for hydroxylation is 1. The van der Waals surface area contributed by atoms with E-state index in [0.29, 0.717) is 31.0 Å². The van der Waals surface area contributed by atoms with E-state index in [4.69, 9.17) is 0 Å². The number of hydrogen-bond donors (Lipinski definition) is 2. The molecule has 1 heterocycles. The van der Waals surface area contributed by atoms with Crippen molar-refractivity contribution in [2.24, 2.45) is 11.8 Å². The van der Waals surface area contributed by atoms with E-state index in [9.17, 15) is 14.7 Å². The molecule has 5 heteroatoms. The van der Waals surface area contributed by atoms with Crippen molar-refractivity contribution in [2.45, 2.75) is 46.1 Å². The molecule has 1 fully saturated rings. The van der Waals surface area contributed by atoms with Crippen LogP contribution in [0.15, 0.2) is 24.3 Å². The normalized spacial score (nSPS) is 18.9. The molecule has 1 saturated heterocycles. The summed E-state index contributed by atoms with van der Waals surface area (Å²) < 4.78 is 0. The largest absolute Gasteiger partial charge is 0.396 e. The van der Waals surface area contributed by atoms with Crippen molar-refractivity contribution >= 4 is 11.8 Å². The second-order valence-electron chi connectivity index (χ2n) is 7.45. The first kappa shape index (κ1) is 19.4. The third-order valence-corrected chi connectivity index (χ3v) is 4.79. The summed E-state index contributed by atoms with van der Waals surface area (Å²) in [6, 6.07) is 6.88. The number of rotatable bonds is 6. The first-order valence-corrected chi connectivity index (χ1v) is 9.18. The second-order valence-corrected chi connectivity index (χ2v) is 7.45. The Balaban J connectivity index is 2.11. The van der Waals surface area contributed by atoms with Gasteiger partial charge in [0.1, 0.15) is 6.04 Å². The van der Waals surface area contributed by atoms with Crippen molar-refractivity contribution in [3.05, 3.63) is 35.4 Å². The molecule has 2 N–H and O–H groups in total. The molecular formula is C20H30N2O3. The lowest BCUT2D eigenvalue weighted by Crippen LogP contribution is -2.52. The Morgan fingerprint density at radius 3 is 2.68 bits per heavy atom. The number of amides is 2. The zero-order chi connectivity index (χ0) is 18.4. The molecule has 0 bridgehead atoms. The van der Waals surface area contributed by atoms with E-state index in [0.717, 1.165) is 18.4 Å². The van der Waals surface area contributed by atoms with Gasteiger partial charge in [0, 0.05) is 25.3 Å². The molecule has 1 aromatic carbocycles. The highest BCUT2D eigenvalue weighted by Crippen LogP contribution is 2.19. The van der Waals surface area contributed by atoms with Crippen LogP contribution in [0, 0.1) is 18.8 Å². The van der Waals surface area contributed by atoms with Gasteiger partial charge >= 0.3 is 0 Å². The highest BCUT2D eigenvalue weighted by atomic mass is 16.3. The van der Waals surface area contributed by atoms with Gasteiger partial charge in [-0.3, -0.25) is 9.59 Å². The summed E-state index contributed by atoms with van der Waals surface area (Å²) >= 11 is 0. The highest BCUT2D eigenvalue weighted by molar-refractivity contribution is 5.98. The summed E-state index contributed by atoms with van der Waals surface area (Å²) in [6.07, 6.45) is 2.46. The molecule has 1 aliphatic rings. The maximum absolute atomic E-state index is 13.0. The minimum absolute atomic E-state index is 0.0335. The number of carbonyl (C=O) groups excluding carboxylic acids is 2. The van der Waals surface area contributed by atoms with Crippen molar-refractivity contribution in [1.82, 2.24) is 10.2 Å². The van der Waals surface area contributed by atoms with Crippen LogP contribution in [-0.4, -0.2) is 47.6 Å². The Labute approximate surface area is 150 Å². The zero-order valence-electron chi connectivity index (χ0n) is 15.5. The van der Waals surface area contributed by atoms with Crippen LogP contribution in [0.3, 0.4) is 0 Å². The van der Waals surface area contributed by atoms with Gasteiger partial charge in [-0.15, -0.1) is 0 Å². The number of aliphatic hydroxyl groups is 1. The fourth-order valence-electron chi connectivity index (χ4n) is 3.39. The molecule has 0 aliphatic carbocycles.